The summed E-state index contributed by atoms with van der Waals surface area (Å²) in [5.41, 5.74) is 6.56. The SMILES string of the molecule is CCCS(=O)(=O)CCS(=O)(=O)c1cc(C)ccc1N. The van der Waals surface area contributed by atoms with Crippen molar-refractivity contribution < 1.29 is 16.8 Å². The van der Waals surface area contributed by atoms with E-state index in [9.17, 15) is 16.8 Å². The van der Waals surface area contributed by atoms with E-state index in [0.717, 1.165) is 5.56 Å². The Morgan fingerprint density at radius 2 is 1.68 bits per heavy atom. The van der Waals surface area contributed by atoms with Gasteiger partial charge in [0.05, 0.1) is 22.1 Å². The fraction of sp³-hybridized carbons (Fsp3) is 0.500. The van der Waals surface area contributed by atoms with E-state index in [2.05, 4.69) is 0 Å². The number of nitrogen functional groups attached to an aromatic ring is 1. The molecule has 0 unspecified atom stereocenters. The predicted molar refractivity (Wildman–Crippen MR) is 76.6 cm³/mol. The Labute approximate surface area is 114 Å². The normalized spacial score (nSPS) is 12.5. The molecule has 0 saturated heterocycles. The molecule has 0 saturated carbocycles. The summed E-state index contributed by atoms with van der Waals surface area (Å²) < 4.78 is 47.4. The van der Waals surface area contributed by atoms with Crippen LogP contribution in [-0.4, -0.2) is 34.1 Å². The van der Waals surface area contributed by atoms with Crippen LogP contribution in [0.3, 0.4) is 0 Å². The second kappa shape index (κ2) is 5.92. The zero-order valence-electron chi connectivity index (χ0n) is 11.1. The largest absolute Gasteiger partial charge is 0.398 e. The van der Waals surface area contributed by atoms with Crippen molar-refractivity contribution >= 4 is 25.4 Å². The van der Waals surface area contributed by atoms with Crippen molar-refractivity contribution in [3.05, 3.63) is 23.8 Å². The lowest BCUT2D eigenvalue weighted by molar-refractivity contribution is 0.587. The van der Waals surface area contributed by atoms with Gasteiger partial charge in [-0.1, -0.05) is 13.0 Å². The van der Waals surface area contributed by atoms with Crippen molar-refractivity contribution in [1.82, 2.24) is 0 Å². The molecule has 1 rings (SSSR count). The van der Waals surface area contributed by atoms with Gasteiger partial charge in [-0.3, -0.25) is 0 Å². The first kappa shape index (κ1) is 16.0. The fourth-order valence-electron chi connectivity index (χ4n) is 1.67. The highest BCUT2D eigenvalue weighted by atomic mass is 32.2. The molecule has 5 nitrogen and oxygen atoms in total. The molecule has 1 aromatic rings. The summed E-state index contributed by atoms with van der Waals surface area (Å²) in [6.45, 7) is 3.50. The van der Waals surface area contributed by atoms with Gasteiger partial charge in [-0.25, -0.2) is 16.8 Å². The number of nitrogens with two attached hydrogens (primary N) is 1. The van der Waals surface area contributed by atoms with Crippen molar-refractivity contribution in [2.75, 3.05) is 23.0 Å². The van der Waals surface area contributed by atoms with Gasteiger partial charge in [0.1, 0.15) is 0 Å². The molecule has 2 N–H and O–H groups in total. The van der Waals surface area contributed by atoms with E-state index in [-0.39, 0.29) is 22.1 Å². The second-order valence-electron chi connectivity index (χ2n) is 4.51. The Bertz CT molecular complexity index is 648. The van der Waals surface area contributed by atoms with E-state index in [1.807, 2.05) is 0 Å². The Kier molecular flexibility index (Phi) is 4.98. The van der Waals surface area contributed by atoms with Crippen LogP contribution in [0.15, 0.2) is 23.1 Å². The molecule has 0 amide bonds. The van der Waals surface area contributed by atoms with Gasteiger partial charge in [-0.2, -0.15) is 0 Å². The lowest BCUT2D eigenvalue weighted by Gasteiger charge is -2.08. The first-order chi connectivity index (χ1) is 8.68. The quantitative estimate of drug-likeness (QED) is 0.796. The van der Waals surface area contributed by atoms with Gasteiger partial charge < -0.3 is 5.73 Å². The van der Waals surface area contributed by atoms with Crippen LogP contribution < -0.4 is 5.73 Å². The van der Waals surface area contributed by atoms with Crippen LogP contribution in [0.4, 0.5) is 5.69 Å². The molecule has 19 heavy (non-hydrogen) atoms. The Morgan fingerprint density at radius 1 is 1.05 bits per heavy atom. The highest BCUT2D eigenvalue weighted by Gasteiger charge is 2.21. The van der Waals surface area contributed by atoms with E-state index in [0.29, 0.717) is 6.42 Å². The van der Waals surface area contributed by atoms with Crippen molar-refractivity contribution in [2.24, 2.45) is 0 Å². The van der Waals surface area contributed by atoms with Gasteiger partial charge in [-0.05, 0) is 31.0 Å². The predicted octanol–water partition coefficient (Wildman–Crippen LogP) is 1.18. The lowest BCUT2D eigenvalue weighted by Crippen LogP contribution is -2.20. The standard InChI is InChI=1S/C12H19NO4S2/c1-3-6-18(14,15)7-8-19(16,17)12-9-10(2)4-5-11(12)13/h4-5,9H,3,6-8,13H2,1-2H3. The minimum Gasteiger partial charge on any atom is -0.398 e. The minimum absolute atomic E-state index is 0.00577. The summed E-state index contributed by atoms with van der Waals surface area (Å²) in [6.07, 6.45) is 0.481. The molecule has 1 aromatic carbocycles. The van der Waals surface area contributed by atoms with Gasteiger partial charge in [0, 0.05) is 5.75 Å². The van der Waals surface area contributed by atoms with Crippen LogP contribution in [0.5, 0.6) is 0 Å². The van der Waals surface area contributed by atoms with E-state index in [4.69, 9.17) is 5.73 Å². The third-order valence-corrected chi connectivity index (χ3v) is 6.56. The van der Waals surface area contributed by atoms with Gasteiger partial charge in [0.15, 0.2) is 19.7 Å². The van der Waals surface area contributed by atoms with Crippen LogP contribution in [0.1, 0.15) is 18.9 Å². The average molecular weight is 305 g/mol. The molecule has 0 spiro atoms. The van der Waals surface area contributed by atoms with Gasteiger partial charge >= 0.3 is 0 Å². The Morgan fingerprint density at radius 3 is 2.26 bits per heavy atom. The van der Waals surface area contributed by atoms with Gasteiger partial charge in [0.25, 0.3) is 0 Å². The van der Waals surface area contributed by atoms with E-state index >= 15 is 0 Å². The lowest BCUT2D eigenvalue weighted by atomic mass is 10.2. The summed E-state index contributed by atoms with van der Waals surface area (Å²) in [6, 6.07) is 4.70. The average Bonchev–Trinajstić information content (AvgIpc) is 2.30. The van der Waals surface area contributed by atoms with E-state index in [1.165, 1.54) is 12.1 Å². The number of anilines is 1. The summed E-state index contributed by atoms with van der Waals surface area (Å²) in [7, 11) is -6.98. The first-order valence-corrected chi connectivity index (χ1v) is 9.44. The third-order valence-electron chi connectivity index (χ3n) is 2.68. The molecular weight excluding hydrogens is 286 g/mol. The maximum atomic E-state index is 12.1. The van der Waals surface area contributed by atoms with Crippen molar-refractivity contribution in [2.45, 2.75) is 25.2 Å². The van der Waals surface area contributed by atoms with Crippen LogP contribution in [0, 0.1) is 6.92 Å². The molecule has 0 radical (unpaired) electrons. The zero-order valence-corrected chi connectivity index (χ0v) is 12.7. The number of rotatable bonds is 6. The molecule has 108 valence electrons. The molecule has 0 aliphatic heterocycles. The molecule has 0 aliphatic rings. The molecule has 0 fully saturated rings. The summed E-state index contributed by atoms with van der Waals surface area (Å²) >= 11 is 0. The number of sulfone groups is 2. The second-order valence-corrected chi connectivity index (χ2v) is 8.89. The topological polar surface area (TPSA) is 94.3 Å². The maximum Gasteiger partial charge on any atom is 0.181 e. The zero-order chi connectivity index (χ0) is 14.7. The van der Waals surface area contributed by atoms with Crippen LogP contribution >= 0.6 is 0 Å². The highest BCUT2D eigenvalue weighted by molar-refractivity contribution is 7.95. The molecule has 0 bridgehead atoms. The first-order valence-electron chi connectivity index (χ1n) is 5.97. The number of aryl methyl sites for hydroxylation is 1. The Hall–Kier alpha value is -1.08. The molecule has 7 heteroatoms. The Balaban J connectivity index is 2.97. The fourth-order valence-corrected chi connectivity index (χ4v) is 5.40. The number of hydrogen-bond donors (Lipinski definition) is 1. The van der Waals surface area contributed by atoms with Crippen molar-refractivity contribution in [3.63, 3.8) is 0 Å². The van der Waals surface area contributed by atoms with Crippen molar-refractivity contribution in [3.8, 4) is 0 Å². The van der Waals surface area contributed by atoms with Gasteiger partial charge in [0.2, 0.25) is 0 Å². The summed E-state index contributed by atoms with van der Waals surface area (Å²) in [4.78, 5) is 0.0131. The molecular formula is C12H19NO4S2. The van der Waals surface area contributed by atoms with E-state index in [1.54, 1.807) is 19.9 Å². The maximum absolute atomic E-state index is 12.1. The summed E-state index contributed by atoms with van der Waals surface area (Å²) in [5.74, 6) is -0.786. The number of hydrogen-bond acceptors (Lipinski definition) is 5. The monoisotopic (exact) mass is 305 g/mol. The van der Waals surface area contributed by atoms with Crippen LogP contribution in [-0.2, 0) is 19.7 Å². The molecule has 0 heterocycles. The highest BCUT2D eigenvalue weighted by Crippen LogP contribution is 2.21. The summed E-state index contributed by atoms with van der Waals surface area (Å²) in [5, 5.41) is 0. The van der Waals surface area contributed by atoms with E-state index < -0.39 is 25.4 Å². The third kappa shape index (κ3) is 4.50. The van der Waals surface area contributed by atoms with Crippen LogP contribution in [0.25, 0.3) is 0 Å². The van der Waals surface area contributed by atoms with Crippen LogP contribution in [0.2, 0.25) is 0 Å². The van der Waals surface area contributed by atoms with Gasteiger partial charge in [-0.15, -0.1) is 0 Å². The smallest absolute Gasteiger partial charge is 0.181 e. The molecule has 0 aliphatic carbocycles. The molecule has 0 aromatic heterocycles. The minimum atomic E-state index is -3.67. The number of benzene rings is 1. The van der Waals surface area contributed by atoms with Crippen molar-refractivity contribution in [1.29, 1.82) is 0 Å². The molecule has 0 atom stereocenters.